The number of aliphatic hydroxyl groups excluding tert-OH is 1. The number of rotatable bonds is 7. The summed E-state index contributed by atoms with van der Waals surface area (Å²) in [5, 5.41) is 9.30. The van der Waals surface area contributed by atoms with Crippen LogP contribution in [0, 0.1) is 0 Å². The number of aromatic nitrogens is 2. The van der Waals surface area contributed by atoms with Crippen molar-refractivity contribution in [1.82, 2.24) is 14.3 Å². The Kier molecular flexibility index (Phi) is 5.08. The number of ether oxygens (including phenoxy) is 1. The Morgan fingerprint density at radius 2 is 2.33 bits per heavy atom. The first-order valence-electron chi connectivity index (χ1n) is 5.32. The van der Waals surface area contributed by atoms with Crippen molar-refractivity contribution >= 4 is 15.8 Å². The molecule has 0 aliphatic carbocycles. The number of nitrogen functional groups attached to an aromatic ring is 1. The summed E-state index contributed by atoms with van der Waals surface area (Å²) in [4.78, 5) is 3.71. The van der Waals surface area contributed by atoms with Gasteiger partial charge in [0.25, 0.3) is 10.0 Å². The van der Waals surface area contributed by atoms with Gasteiger partial charge in [0.2, 0.25) is 0 Å². The zero-order valence-corrected chi connectivity index (χ0v) is 11.1. The number of methoxy groups -OCH3 is 1. The average molecular weight is 278 g/mol. The lowest BCUT2D eigenvalue weighted by atomic mass is 10.3. The average Bonchev–Trinajstić information content (AvgIpc) is 2.59. The van der Waals surface area contributed by atoms with Crippen LogP contribution in [0.2, 0.25) is 0 Å². The maximum absolute atomic E-state index is 11.9. The van der Waals surface area contributed by atoms with Gasteiger partial charge >= 0.3 is 0 Å². The van der Waals surface area contributed by atoms with Crippen molar-refractivity contribution in [2.24, 2.45) is 7.05 Å². The van der Waals surface area contributed by atoms with E-state index >= 15 is 0 Å². The smallest absolute Gasteiger partial charge is 0.260 e. The molecule has 1 rings (SSSR count). The Hall–Kier alpha value is -1.16. The lowest BCUT2D eigenvalue weighted by Crippen LogP contribution is -2.30. The van der Waals surface area contributed by atoms with E-state index in [1.807, 2.05) is 0 Å². The Balaban J connectivity index is 2.61. The van der Waals surface area contributed by atoms with Crippen molar-refractivity contribution in [1.29, 1.82) is 0 Å². The highest BCUT2D eigenvalue weighted by atomic mass is 32.2. The SMILES string of the molecule is COCC(O)CCNS(=O)(=O)c1c(N)ncn1C. The summed E-state index contributed by atoms with van der Waals surface area (Å²) < 4.78 is 32.2. The Bertz CT molecular complexity index is 465. The molecule has 1 aromatic rings. The second kappa shape index (κ2) is 6.14. The number of hydrogen-bond donors (Lipinski definition) is 3. The quantitative estimate of drug-likeness (QED) is 0.569. The Labute approximate surface area is 106 Å². The largest absolute Gasteiger partial charge is 0.391 e. The Morgan fingerprint density at radius 3 is 2.83 bits per heavy atom. The van der Waals surface area contributed by atoms with E-state index < -0.39 is 16.1 Å². The topological polar surface area (TPSA) is 119 Å². The minimum Gasteiger partial charge on any atom is -0.391 e. The van der Waals surface area contributed by atoms with E-state index in [4.69, 9.17) is 10.5 Å². The van der Waals surface area contributed by atoms with E-state index in [0.717, 1.165) is 0 Å². The van der Waals surface area contributed by atoms with Crippen molar-refractivity contribution in [3.63, 3.8) is 0 Å². The summed E-state index contributed by atoms with van der Waals surface area (Å²) in [6.07, 6.45) is 0.871. The second-order valence-electron chi connectivity index (χ2n) is 3.84. The van der Waals surface area contributed by atoms with Gasteiger partial charge in [-0.05, 0) is 6.42 Å². The molecule has 9 heteroatoms. The number of nitrogens with one attached hydrogen (secondary N) is 1. The van der Waals surface area contributed by atoms with Crippen LogP contribution < -0.4 is 10.5 Å². The van der Waals surface area contributed by atoms with Crippen LogP contribution in [0.5, 0.6) is 0 Å². The van der Waals surface area contributed by atoms with Gasteiger partial charge in [0.15, 0.2) is 10.8 Å². The van der Waals surface area contributed by atoms with E-state index in [-0.39, 0.29) is 30.4 Å². The van der Waals surface area contributed by atoms with Crippen LogP contribution in [-0.4, -0.2) is 49.4 Å². The van der Waals surface area contributed by atoms with Crippen LogP contribution in [0.3, 0.4) is 0 Å². The molecule has 0 bridgehead atoms. The molecule has 1 atom stereocenters. The number of aliphatic hydroxyl groups is 1. The molecule has 0 aliphatic heterocycles. The number of sulfonamides is 1. The van der Waals surface area contributed by atoms with Gasteiger partial charge in [-0.2, -0.15) is 0 Å². The standard InChI is InChI=1S/C9H18N4O4S/c1-13-6-11-8(10)9(13)18(15,16)12-4-3-7(14)5-17-2/h6-7,12,14H,3-5,10H2,1-2H3. The summed E-state index contributed by atoms with van der Waals surface area (Å²) in [5.41, 5.74) is 5.49. The van der Waals surface area contributed by atoms with E-state index in [9.17, 15) is 13.5 Å². The number of hydrogen-bond acceptors (Lipinski definition) is 6. The summed E-state index contributed by atoms with van der Waals surface area (Å²) in [5.74, 6) is -0.0533. The summed E-state index contributed by atoms with van der Waals surface area (Å²) in [7, 11) is -0.714. The van der Waals surface area contributed by atoms with Gasteiger partial charge in [0.1, 0.15) is 0 Å². The summed E-state index contributed by atoms with van der Waals surface area (Å²) in [6.45, 7) is 0.257. The molecule has 0 radical (unpaired) electrons. The van der Waals surface area contributed by atoms with E-state index in [0.29, 0.717) is 0 Å². The molecule has 0 aliphatic rings. The van der Waals surface area contributed by atoms with Crippen LogP contribution in [0.15, 0.2) is 11.4 Å². The van der Waals surface area contributed by atoms with Crippen LogP contribution >= 0.6 is 0 Å². The van der Waals surface area contributed by atoms with Crippen molar-refractivity contribution in [2.75, 3.05) is 26.0 Å². The fraction of sp³-hybridized carbons (Fsp3) is 0.667. The maximum atomic E-state index is 11.9. The zero-order valence-electron chi connectivity index (χ0n) is 10.3. The first-order valence-corrected chi connectivity index (χ1v) is 6.80. The second-order valence-corrected chi connectivity index (χ2v) is 5.52. The van der Waals surface area contributed by atoms with E-state index in [1.54, 1.807) is 0 Å². The van der Waals surface area contributed by atoms with E-state index in [1.165, 1.54) is 25.1 Å². The molecule has 1 aromatic heterocycles. The van der Waals surface area contributed by atoms with Gasteiger partial charge in [-0.15, -0.1) is 0 Å². The van der Waals surface area contributed by atoms with Gasteiger partial charge < -0.3 is 20.1 Å². The molecule has 0 saturated carbocycles. The highest BCUT2D eigenvalue weighted by Gasteiger charge is 2.22. The van der Waals surface area contributed by atoms with Crippen LogP contribution in [0.1, 0.15) is 6.42 Å². The first kappa shape index (κ1) is 14.9. The first-order chi connectivity index (χ1) is 8.38. The normalized spacial score (nSPS) is 13.7. The number of anilines is 1. The molecular formula is C9H18N4O4S. The highest BCUT2D eigenvalue weighted by Crippen LogP contribution is 2.14. The van der Waals surface area contributed by atoms with Gasteiger partial charge in [-0.25, -0.2) is 18.1 Å². The van der Waals surface area contributed by atoms with E-state index in [2.05, 4.69) is 9.71 Å². The van der Waals surface area contributed by atoms with Crippen molar-refractivity contribution < 1.29 is 18.3 Å². The molecule has 18 heavy (non-hydrogen) atoms. The van der Waals surface area contributed by atoms with Gasteiger partial charge in [0.05, 0.1) is 19.0 Å². The summed E-state index contributed by atoms with van der Waals surface area (Å²) >= 11 is 0. The van der Waals surface area contributed by atoms with Gasteiger partial charge in [0, 0.05) is 20.7 Å². The molecule has 0 fully saturated rings. The van der Waals surface area contributed by atoms with Crippen molar-refractivity contribution in [2.45, 2.75) is 17.6 Å². The molecule has 0 aromatic carbocycles. The molecule has 0 saturated heterocycles. The molecular weight excluding hydrogens is 260 g/mol. The fourth-order valence-electron chi connectivity index (χ4n) is 1.47. The van der Waals surface area contributed by atoms with Crippen molar-refractivity contribution in [3.05, 3.63) is 6.33 Å². The monoisotopic (exact) mass is 278 g/mol. The van der Waals surface area contributed by atoms with Crippen molar-refractivity contribution in [3.8, 4) is 0 Å². The lowest BCUT2D eigenvalue weighted by molar-refractivity contribution is 0.0603. The summed E-state index contributed by atoms with van der Waals surface area (Å²) in [6, 6.07) is 0. The third-order valence-electron chi connectivity index (χ3n) is 2.29. The van der Waals surface area contributed by atoms with Gasteiger partial charge in [-0.1, -0.05) is 0 Å². The highest BCUT2D eigenvalue weighted by molar-refractivity contribution is 7.89. The molecule has 4 N–H and O–H groups in total. The van der Waals surface area contributed by atoms with Crippen LogP contribution in [0.25, 0.3) is 0 Å². The Morgan fingerprint density at radius 1 is 1.67 bits per heavy atom. The number of aryl methyl sites for hydroxylation is 1. The van der Waals surface area contributed by atoms with Crippen LogP contribution in [0.4, 0.5) is 5.82 Å². The maximum Gasteiger partial charge on any atom is 0.260 e. The predicted molar refractivity (Wildman–Crippen MR) is 65.3 cm³/mol. The molecule has 0 amide bonds. The number of nitrogens with two attached hydrogens (primary N) is 1. The molecule has 1 heterocycles. The minimum atomic E-state index is -3.72. The molecule has 8 nitrogen and oxygen atoms in total. The predicted octanol–water partition coefficient (Wildman–Crippen LogP) is -1.32. The third kappa shape index (κ3) is 3.67. The zero-order chi connectivity index (χ0) is 13.8. The lowest BCUT2D eigenvalue weighted by Gasteiger charge is -2.11. The van der Waals surface area contributed by atoms with Gasteiger partial charge in [-0.3, -0.25) is 0 Å². The van der Waals surface area contributed by atoms with Crippen LogP contribution in [-0.2, 0) is 21.8 Å². The number of nitrogens with zero attached hydrogens (tertiary/aromatic N) is 2. The number of imidazole rings is 1. The minimum absolute atomic E-state index is 0.0533. The molecule has 0 spiro atoms. The third-order valence-corrected chi connectivity index (χ3v) is 3.88. The molecule has 1 unspecified atom stereocenters. The fourth-order valence-corrected chi connectivity index (χ4v) is 2.75. The molecule has 104 valence electrons.